The molecule has 0 amide bonds. The number of benzene rings is 2. The Morgan fingerprint density at radius 2 is 1.90 bits per heavy atom. The number of rotatable bonds is 4. The molecule has 0 saturated heterocycles. The topological polar surface area (TPSA) is 83.1 Å². The molecular formula is C20H12F4N2O3. The van der Waals surface area contributed by atoms with Crippen LogP contribution in [0.25, 0.3) is 10.9 Å². The maximum Gasteiger partial charge on any atom is 0.416 e. The van der Waals surface area contributed by atoms with Crippen LogP contribution in [0.2, 0.25) is 0 Å². The van der Waals surface area contributed by atoms with Crippen LogP contribution >= 0.6 is 0 Å². The van der Waals surface area contributed by atoms with E-state index >= 15 is 0 Å². The number of aromatic nitrogens is 1. The third-order valence-corrected chi connectivity index (χ3v) is 4.34. The molecule has 0 bridgehead atoms. The molecule has 3 rings (SSSR count). The molecule has 0 aliphatic carbocycles. The lowest BCUT2D eigenvalue weighted by Crippen LogP contribution is -2.15. The van der Waals surface area contributed by atoms with E-state index in [9.17, 15) is 32.4 Å². The van der Waals surface area contributed by atoms with Gasteiger partial charge in [0.1, 0.15) is 17.4 Å². The second kappa shape index (κ2) is 7.39. The van der Waals surface area contributed by atoms with Crippen molar-refractivity contribution in [1.82, 2.24) is 4.57 Å². The number of hydrogen-bond acceptors (Lipinski definition) is 3. The minimum absolute atomic E-state index is 0.0649. The average molecular weight is 404 g/mol. The number of carbonyl (C=O) groups is 1. The first-order valence-corrected chi connectivity index (χ1v) is 8.23. The van der Waals surface area contributed by atoms with Gasteiger partial charge in [-0.25, -0.2) is 4.39 Å². The molecule has 0 spiro atoms. The van der Waals surface area contributed by atoms with Crippen molar-refractivity contribution >= 4 is 16.9 Å². The van der Waals surface area contributed by atoms with Crippen LogP contribution in [0, 0.1) is 17.1 Å². The summed E-state index contributed by atoms with van der Waals surface area (Å²) in [6.45, 7) is -0.228. The number of alkyl halides is 3. The molecule has 1 heterocycles. The fourth-order valence-electron chi connectivity index (χ4n) is 2.98. The highest BCUT2D eigenvalue weighted by atomic mass is 19.4. The first-order valence-electron chi connectivity index (χ1n) is 8.23. The molecule has 148 valence electrons. The highest BCUT2D eigenvalue weighted by Crippen LogP contribution is 2.30. The zero-order valence-corrected chi connectivity index (χ0v) is 14.6. The first-order chi connectivity index (χ1) is 13.6. The van der Waals surface area contributed by atoms with Gasteiger partial charge in [0.05, 0.1) is 24.0 Å². The number of carboxylic acids is 1. The van der Waals surface area contributed by atoms with E-state index < -0.39 is 29.0 Å². The minimum Gasteiger partial charge on any atom is -0.481 e. The Balaban J connectivity index is 2.12. The van der Waals surface area contributed by atoms with Crippen LogP contribution in [0.4, 0.5) is 17.6 Å². The predicted molar refractivity (Wildman–Crippen MR) is 94.8 cm³/mol. The molecule has 5 nitrogen and oxygen atoms in total. The molecule has 0 saturated carbocycles. The van der Waals surface area contributed by atoms with E-state index in [1.807, 2.05) is 0 Å². The molecule has 0 atom stereocenters. The highest BCUT2D eigenvalue weighted by molar-refractivity contribution is 5.82. The number of pyridine rings is 1. The number of aliphatic carboxylic acids is 1. The molecule has 0 aliphatic rings. The first kappa shape index (κ1) is 20.1. The van der Waals surface area contributed by atoms with Crippen LogP contribution in [0.5, 0.6) is 0 Å². The van der Waals surface area contributed by atoms with Gasteiger partial charge in [-0.05, 0) is 29.8 Å². The summed E-state index contributed by atoms with van der Waals surface area (Å²) in [4.78, 5) is 23.3. The zero-order chi connectivity index (χ0) is 21.3. The fraction of sp³-hybridized carbons (Fsp3) is 0.150. The van der Waals surface area contributed by atoms with E-state index in [-0.39, 0.29) is 29.5 Å². The van der Waals surface area contributed by atoms with E-state index in [0.29, 0.717) is 17.1 Å². The molecular weight excluding hydrogens is 392 g/mol. The van der Waals surface area contributed by atoms with Gasteiger partial charge in [-0.1, -0.05) is 12.1 Å². The molecule has 1 aromatic heterocycles. The summed E-state index contributed by atoms with van der Waals surface area (Å²) in [5.41, 5.74) is -1.43. The molecule has 2 aromatic carbocycles. The van der Waals surface area contributed by atoms with Gasteiger partial charge >= 0.3 is 12.1 Å². The lowest BCUT2D eigenvalue weighted by atomic mass is 10.1. The molecule has 29 heavy (non-hydrogen) atoms. The normalized spacial score (nSPS) is 11.4. The number of hydrogen-bond donors (Lipinski definition) is 1. The molecule has 0 fully saturated rings. The van der Waals surface area contributed by atoms with Crippen molar-refractivity contribution in [3.8, 4) is 6.07 Å². The second-order valence-electron chi connectivity index (χ2n) is 6.34. The van der Waals surface area contributed by atoms with Gasteiger partial charge in [-0.2, -0.15) is 18.4 Å². The van der Waals surface area contributed by atoms with Crippen molar-refractivity contribution in [2.45, 2.75) is 19.1 Å². The maximum atomic E-state index is 14.2. The van der Waals surface area contributed by atoms with Crippen LogP contribution in [-0.2, 0) is 23.9 Å². The second-order valence-corrected chi connectivity index (χ2v) is 6.34. The highest BCUT2D eigenvalue weighted by Gasteiger charge is 2.31. The summed E-state index contributed by atoms with van der Waals surface area (Å²) in [6, 6.07) is 8.12. The SMILES string of the molecule is N#Cc1cn(Cc2ccc(C(F)(F)F)cc2F)c2ccc(CC(=O)O)cc2c1=O. The number of carboxylic acid groups (broad SMARTS) is 1. The summed E-state index contributed by atoms with van der Waals surface area (Å²) in [7, 11) is 0. The molecule has 0 aliphatic heterocycles. The number of fused-ring (bicyclic) bond motifs is 1. The maximum absolute atomic E-state index is 14.2. The van der Waals surface area contributed by atoms with Gasteiger partial charge in [0.25, 0.3) is 0 Å². The molecule has 1 N–H and O–H groups in total. The Labute approximate surface area is 161 Å². The van der Waals surface area contributed by atoms with Crippen molar-refractivity contribution in [3.63, 3.8) is 0 Å². The van der Waals surface area contributed by atoms with E-state index in [4.69, 9.17) is 5.11 Å². The fourth-order valence-corrected chi connectivity index (χ4v) is 2.98. The van der Waals surface area contributed by atoms with Gasteiger partial charge < -0.3 is 9.67 Å². The van der Waals surface area contributed by atoms with Crippen molar-refractivity contribution < 1.29 is 27.5 Å². The Morgan fingerprint density at radius 3 is 2.48 bits per heavy atom. The Kier molecular flexibility index (Phi) is 5.12. The summed E-state index contributed by atoms with van der Waals surface area (Å²) in [6.07, 6.45) is -3.82. The summed E-state index contributed by atoms with van der Waals surface area (Å²) < 4.78 is 53.8. The van der Waals surface area contributed by atoms with Gasteiger partial charge in [-0.3, -0.25) is 9.59 Å². The van der Waals surface area contributed by atoms with Gasteiger partial charge in [0.15, 0.2) is 0 Å². The smallest absolute Gasteiger partial charge is 0.416 e. The molecule has 0 radical (unpaired) electrons. The number of nitriles is 1. The molecule has 9 heteroatoms. The van der Waals surface area contributed by atoms with Crippen LogP contribution in [-0.4, -0.2) is 15.6 Å². The van der Waals surface area contributed by atoms with E-state index in [1.165, 1.54) is 29.0 Å². The summed E-state index contributed by atoms with van der Waals surface area (Å²) >= 11 is 0. The van der Waals surface area contributed by atoms with Gasteiger partial charge in [-0.15, -0.1) is 0 Å². The monoisotopic (exact) mass is 404 g/mol. The number of halogens is 4. The van der Waals surface area contributed by atoms with Crippen molar-refractivity contribution in [2.24, 2.45) is 0 Å². The molecule has 3 aromatic rings. The van der Waals surface area contributed by atoms with Crippen LogP contribution in [0.3, 0.4) is 0 Å². The summed E-state index contributed by atoms with van der Waals surface area (Å²) in [5, 5.41) is 18.2. The standard InChI is InChI=1S/C20H12F4N2O3/c21-16-7-14(20(22,23)24)3-2-12(16)9-26-10-13(8-25)19(29)15-5-11(6-18(27)28)1-4-17(15)26/h1-5,7,10H,6,9H2,(H,27,28). The quantitative estimate of drug-likeness (QED) is 0.672. The van der Waals surface area contributed by atoms with Crippen LogP contribution in [0.1, 0.15) is 22.3 Å². The van der Waals surface area contributed by atoms with Crippen molar-refractivity contribution in [1.29, 1.82) is 5.26 Å². The van der Waals surface area contributed by atoms with Crippen molar-refractivity contribution in [3.05, 3.63) is 80.9 Å². The van der Waals surface area contributed by atoms with E-state index in [2.05, 4.69) is 0 Å². The van der Waals surface area contributed by atoms with Gasteiger partial charge in [0, 0.05) is 17.1 Å². The predicted octanol–water partition coefficient (Wildman–Crippen LogP) is 3.71. The minimum atomic E-state index is -4.68. The number of nitrogens with zero attached hydrogens (tertiary/aromatic N) is 2. The average Bonchev–Trinajstić information content (AvgIpc) is 2.64. The largest absolute Gasteiger partial charge is 0.481 e. The van der Waals surface area contributed by atoms with Crippen LogP contribution < -0.4 is 5.43 Å². The van der Waals surface area contributed by atoms with E-state index in [1.54, 1.807) is 6.07 Å². The summed E-state index contributed by atoms with van der Waals surface area (Å²) in [5.74, 6) is -2.18. The Morgan fingerprint density at radius 1 is 1.17 bits per heavy atom. The third kappa shape index (κ3) is 4.11. The third-order valence-electron chi connectivity index (χ3n) is 4.34. The van der Waals surface area contributed by atoms with Crippen LogP contribution in [0.15, 0.2) is 47.4 Å². The lowest BCUT2D eigenvalue weighted by molar-refractivity contribution is -0.138. The zero-order valence-electron chi connectivity index (χ0n) is 14.6. The lowest BCUT2D eigenvalue weighted by Gasteiger charge is -2.14. The van der Waals surface area contributed by atoms with E-state index in [0.717, 1.165) is 12.1 Å². The van der Waals surface area contributed by atoms with Crippen molar-refractivity contribution in [2.75, 3.05) is 0 Å². The Bertz CT molecular complexity index is 1220. The van der Waals surface area contributed by atoms with Gasteiger partial charge in [0.2, 0.25) is 5.43 Å². The molecule has 0 unspecified atom stereocenters. The Hall–Kier alpha value is -3.67.